The summed E-state index contributed by atoms with van der Waals surface area (Å²) in [6.07, 6.45) is 0. The topological polar surface area (TPSA) is 66.8 Å². The number of fused-ring (bicyclic) bond motifs is 3. The molecule has 0 saturated heterocycles. The molecule has 1 aliphatic heterocycles. The van der Waals surface area contributed by atoms with Gasteiger partial charge in [0.25, 0.3) is 0 Å². The first kappa shape index (κ1) is 13.9. The molecule has 0 saturated carbocycles. The fourth-order valence-electron chi connectivity index (χ4n) is 2.80. The minimum absolute atomic E-state index is 0.258. The van der Waals surface area contributed by atoms with Crippen LogP contribution in [0.1, 0.15) is 0 Å². The quantitative estimate of drug-likeness (QED) is 0.532. The monoisotopic (exact) mass is 324 g/mol. The Kier molecular flexibility index (Phi) is 2.97. The van der Waals surface area contributed by atoms with Gasteiger partial charge in [0.2, 0.25) is 0 Å². The van der Waals surface area contributed by atoms with E-state index in [1.807, 2.05) is 36.4 Å². The van der Waals surface area contributed by atoms with Gasteiger partial charge in [-0.1, -0.05) is 36.4 Å². The summed E-state index contributed by atoms with van der Waals surface area (Å²) in [5, 5.41) is 20.2. The molecule has 5 heteroatoms. The molecule has 1 heterocycles. The first-order chi connectivity index (χ1) is 11.1. The standard InChI is InChI=1S/C18H13O4P/c19-15-10-9-12(11-16(15)20)23(21)18-8-4-2-6-14(18)13-5-1-3-7-17(13)22-23/h1-11,19-20H. The zero-order valence-electron chi connectivity index (χ0n) is 12.0. The Morgan fingerprint density at radius 1 is 0.783 bits per heavy atom. The van der Waals surface area contributed by atoms with Crippen molar-refractivity contribution < 1.29 is 19.3 Å². The summed E-state index contributed by atoms with van der Waals surface area (Å²) in [7, 11) is -3.41. The van der Waals surface area contributed by atoms with Crippen LogP contribution in [0.15, 0.2) is 66.7 Å². The fourth-order valence-corrected chi connectivity index (χ4v) is 5.08. The predicted octanol–water partition coefficient (Wildman–Crippen LogP) is 3.39. The van der Waals surface area contributed by atoms with Crippen LogP contribution in [0, 0.1) is 0 Å². The van der Waals surface area contributed by atoms with Crippen molar-refractivity contribution in [2.24, 2.45) is 0 Å². The molecule has 0 spiro atoms. The Morgan fingerprint density at radius 2 is 1.48 bits per heavy atom. The maximum absolute atomic E-state index is 13.7. The van der Waals surface area contributed by atoms with Crippen LogP contribution >= 0.6 is 7.37 Å². The molecule has 1 aliphatic rings. The highest BCUT2D eigenvalue weighted by atomic mass is 31.2. The van der Waals surface area contributed by atoms with Gasteiger partial charge in [-0.15, -0.1) is 0 Å². The van der Waals surface area contributed by atoms with Crippen molar-refractivity contribution in [1.82, 2.24) is 0 Å². The zero-order chi connectivity index (χ0) is 16.0. The highest BCUT2D eigenvalue weighted by molar-refractivity contribution is 7.75. The lowest BCUT2D eigenvalue weighted by molar-refractivity contribution is 0.404. The number of phenolic OH excluding ortho intramolecular Hbond substituents is 2. The van der Waals surface area contributed by atoms with Crippen LogP contribution in [0.3, 0.4) is 0 Å². The lowest BCUT2D eigenvalue weighted by Gasteiger charge is -2.28. The summed E-state index contributed by atoms with van der Waals surface area (Å²) >= 11 is 0. The molecule has 3 aromatic rings. The van der Waals surface area contributed by atoms with Gasteiger partial charge in [0, 0.05) is 5.56 Å². The third kappa shape index (κ3) is 2.03. The maximum atomic E-state index is 13.7. The van der Waals surface area contributed by atoms with Gasteiger partial charge in [-0.2, -0.15) is 0 Å². The molecular formula is C18H13O4P. The molecule has 0 amide bonds. The number of phenols is 2. The van der Waals surface area contributed by atoms with Crippen LogP contribution in [0.4, 0.5) is 0 Å². The van der Waals surface area contributed by atoms with Gasteiger partial charge in [-0.25, -0.2) is 0 Å². The number of rotatable bonds is 1. The van der Waals surface area contributed by atoms with Crippen LogP contribution < -0.4 is 15.1 Å². The van der Waals surface area contributed by atoms with E-state index >= 15 is 0 Å². The molecule has 0 aromatic heterocycles. The molecule has 23 heavy (non-hydrogen) atoms. The molecule has 4 nitrogen and oxygen atoms in total. The Bertz CT molecular complexity index is 965. The van der Waals surface area contributed by atoms with Crippen molar-refractivity contribution in [1.29, 1.82) is 0 Å². The van der Waals surface area contributed by atoms with E-state index in [2.05, 4.69) is 0 Å². The third-order valence-corrected chi connectivity index (χ3v) is 6.36. The minimum atomic E-state index is -3.41. The van der Waals surface area contributed by atoms with E-state index in [0.717, 1.165) is 11.1 Å². The molecular weight excluding hydrogens is 311 g/mol. The van der Waals surface area contributed by atoms with Gasteiger partial charge in [-0.3, -0.25) is 4.57 Å². The second kappa shape index (κ2) is 4.90. The Hall–Kier alpha value is -2.71. The Labute approximate surface area is 133 Å². The van der Waals surface area contributed by atoms with E-state index in [4.69, 9.17) is 4.52 Å². The molecule has 114 valence electrons. The zero-order valence-corrected chi connectivity index (χ0v) is 12.9. The molecule has 0 aliphatic carbocycles. The molecule has 1 atom stereocenters. The van der Waals surface area contributed by atoms with E-state index in [-0.39, 0.29) is 11.5 Å². The predicted molar refractivity (Wildman–Crippen MR) is 89.2 cm³/mol. The minimum Gasteiger partial charge on any atom is -0.504 e. The normalized spacial score (nSPS) is 18.6. The fraction of sp³-hybridized carbons (Fsp3) is 0. The van der Waals surface area contributed by atoms with Gasteiger partial charge in [0.05, 0.1) is 10.6 Å². The van der Waals surface area contributed by atoms with Crippen molar-refractivity contribution >= 4 is 18.0 Å². The molecule has 0 fully saturated rings. The van der Waals surface area contributed by atoms with Crippen molar-refractivity contribution in [2.75, 3.05) is 0 Å². The van der Waals surface area contributed by atoms with Gasteiger partial charge in [0.1, 0.15) is 5.75 Å². The van der Waals surface area contributed by atoms with E-state index in [1.165, 1.54) is 18.2 Å². The van der Waals surface area contributed by atoms with Gasteiger partial charge < -0.3 is 14.7 Å². The van der Waals surface area contributed by atoms with Crippen LogP contribution in [-0.4, -0.2) is 10.2 Å². The summed E-state index contributed by atoms with van der Waals surface area (Å²) in [4.78, 5) is 0. The Balaban J connectivity index is 2.00. The SMILES string of the molecule is O=P1(c2ccc(O)c(O)c2)Oc2ccccc2-c2ccccc21. The summed E-state index contributed by atoms with van der Waals surface area (Å²) in [5.41, 5.74) is 1.74. The van der Waals surface area contributed by atoms with Crippen LogP contribution in [0.2, 0.25) is 0 Å². The highest BCUT2D eigenvalue weighted by Gasteiger charge is 2.37. The number of hydrogen-bond acceptors (Lipinski definition) is 4. The largest absolute Gasteiger partial charge is 0.504 e. The van der Waals surface area contributed by atoms with Crippen LogP contribution in [-0.2, 0) is 4.57 Å². The smallest absolute Gasteiger partial charge is 0.307 e. The Morgan fingerprint density at radius 3 is 2.26 bits per heavy atom. The summed E-state index contributed by atoms with van der Waals surface area (Å²) in [6, 6.07) is 18.9. The van der Waals surface area contributed by atoms with Gasteiger partial charge in [-0.05, 0) is 35.9 Å². The first-order valence-corrected chi connectivity index (χ1v) is 8.73. The second-order valence-electron chi connectivity index (χ2n) is 5.33. The average molecular weight is 324 g/mol. The van der Waals surface area contributed by atoms with Crippen LogP contribution in [0.25, 0.3) is 11.1 Å². The second-order valence-corrected chi connectivity index (χ2v) is 7.61. The maximum Gasteiger partial charge on any atom is 0.307 e. The lowest BCUT2D eigenvalue weighted by atomic mass is 10.0. The average Bonchev–Trinajstić information content (AvgIpc) is 2.57. The molecule has 1 unspecified atom stereocenters. The summed E-state index contributed by atoms with van der Waals surface area (Å²) in [6.45, 7) is 0. The molecule has 3 aromatic carbocycles. The highest BCUT2D eigenvalue weighted by Crippen LogP contribution is 2.54. The van der Waals surface area contributed by atoms with E-state index in [1.54, 1.807) is 12.1 Å². The van der Waals surface area contributed by atoms with Gasteiger partial charge in [0.15, 0.2) is 11.5 Å². The lowest BCUT2D eigenvalue weighted by Crippen LogP contribution is -2.25. The van der Waals surface area contributed by atoms with Crippen molar-refractivity contribution in [3.05, 3.63) is 66.7 Å². The van der Waals surface area contributed by atoms with E-state index in [0.29, 0.717) is 16.4 Å². The number of hydrogen-bond donors (Lipinski definition) is 2. The third-order valence-electron chi connectivity index (χ3n) is 3.92. The molecule has 0 radical (unpaired) electrons. The molecule has 4 rings (SSSR count). The number of benzene rings is 3. The van der Waals surface area contributed by atoms with Crippen LogP contribution in [0.5, 0.6) is 17.2 Å². The molecule has 2 N–H and O–H groups in total. The van der Waals surface area contributed by atoms with Crippen molar-refractivity contribution in [3.63, 3.8) is 0 Å². The first-order valence-electron chi connectivity index (χ1n) is 7.11. The van der Waals surface area contributed by atoms with Crippen molar-refractivity contribution in [2.45, 2.75) is 0 Å². The van der Waals surface area contributed by atoms with Gasteiger partial charge >= 0.3 is 7.37 Å². The van der Waals surface area contributed by atoms with E-state index < -0.39 is 7.37 Å². The molecule has 0 bridgehead atoms. The van der Waals surface area contributed by atoms with E-state index in [9.17, 15) is 14.8 Å². The van der Waals surface area contributed by atoms with Crippen molar-refractivity contribution in [3.8, 4) is 28.4 Å². The number of aromatic hydroxyl groups is 2. The number of para-hydroxylation sites is 1. The summed E-state index contributed by atoms with van der Waals surface area (Å²) in [5.74, 6) is -0.0363. The summed E-state index contributed by atoms with van der Waals surface area (Å²) < 4.78 is 19.6.